The average molecular weight is 440 g/mol. The van der Waals surface area contributed by atoms with Gasteiger partial charge >= 0.3 is 6.18 Å². The summed E-state index contributed by atoms with van der Waals surface area (Å²) in [5.74, 6) is 0. The van der Waals surface area contributed by atoms with Crippen LogP contribution in [0.25, 0.3) is 0 Å². The molecule has 0 fully saturated rings. The van der Waals surface area contributed by atoms with Gasteiger partial charge in [-0.15, -0.1) is 0 Å². The molecule has 1 aromatic carbocycles. The van der Waals surface area contributed by atoms with E-state index in [2.05, 4.69) is 17.0 Å². The summed E-state index contributed by atoms with van der Waals surface area (Å²) in [4.78, 5) is 0. The summed E-state index contributed by atoms with van der Waals surface area (Å²) in [7, 11) is 1.83. The van der Waals surface area contributed by atoms with Gasteiger partial charge in [-0.25, -0.2) is 0 Å². The molecule has 0 saturated carbocycles. The van der Waals surface area contributed by atoms with Gasteiger partial charge < -0.3 is 5.32 Å². The molecule has 0 radical (unpaired) electrons. The number of nitrogens with one attached hydrogen (secondary N) is 1. The third-order valence-corrected chi connectivity index (χ3v) is 4.31. The zero-order valence-corrected chi connectivity index (χ0v) is 18.4. The van der Waals surface area contributed by atoms with Gasteiger partial charge in [-0.1, -0.05) is 61.5 Å². The van der Waals surface area contributed by atoms with Gasteiger partial charge in [-0.2, -0.15) is 18.3 Å². The predicted octanol–water partition coefficient (Wildman–Crippen LogP) is 6.65. The average Bonchev–Trinajstić information content (AvgIpc) is 2.69. The number of hydrogen-bond donors (Lipinski definition) is 1. The van der Waals surface area contributed by atoms with Crippen molar-refractivity contribution in [2.45, 2.75) is 39.4 Å². The smallest absolute Gasteiger partial charge is 0.319 e. The van der Waals surface area contributed by atoms with Gasteiger partial charge in [0.2, 0.25) is 0 Å². The van der Waals surface area contributed by atoms with Crippen LogP contribution in [0.15, 0.2) is 76.6 Å². The first kappa shape index (κ1) is 25.7. The molecule has 1 rings (SSSR count). The van der Waals surface area contributed by atoms with E-state index in [9.17, 15) is 13.2 Å². The van der Waals surface area contributed by atoms with Crippen LogP contribution in [-0.4, -0.2) is 24.8 Å². The summed E-state index contributed by atoms with van der Waals surface area (Å²) in [6.45, 7) is 8.12. The number of hydrogen-bond acceptors (Lipinski definition) is 3. The Kier molecular flexibility index (Phi) is 11.2. The number of halogens is 4. The molecule has 30 heavy (non-hydrogen) atoms. The first-order chi connectivity index (χ1) is 14.2. The summed E-state index contributed by atoms with van der Waals surface area (Å²) >= 11 is 5.77. The number of nitrogens with zero attached hydrogens (tertiary/aromatic N) is 2. The van der Waals surface area contributed by atoms with E-state index in [0.717, 1.165) is 23.8 Å². The number of allylic oxidation sites excluding steroid dienone is 6. The van der Waals surface area contributed by atoms with Crippen molar-refractivity contribution in [3.8, 4) is 0 Å². The normalized spacial score (nSPS) is 13.4. The summed E-state index contributed by atoms with van der Waals surface area (Å²) in [5.41, 5.74) is 1.12. The van der Waals surface area contributed by atoms with E-state index in [0.29, 0.717) is 18.0 Å². The molecule has 0 spiro atoms. The quantitative estimate of drug-likeness (QED) is 0.237. The predicted molar refractivity (Wildman–Crippen MR) is 120 cm³/mol. The lowest BCUT2D eigenvalue weighted by Gasteiger charge is -2.24. The molecule has 0 heterocycles. The lowest BCUT2D eigenvalue weighted by molar-refractivity contribution is -0.138. The highest BCUT2D eigenvalue weighted by atomic mass is 35.5. The van der Waals surface area contributed by atoms with E-state index in [-0.39, 0.29) is 12.1 Å². The Labute approximate surface area is 182 Å². The van der Waals surface area contributed by atoms with Crippen molar-refractivity contribution in [2.24, 2.45) is 5.10 Å². The molecule has 1 aromatic rings. The Balaban J connectivity index is 3.33. The Hall–Kier alpha value is -2.31. The second-order valence-electron chi connectivity index (χ2n) is 6.48. The zero-order chi connectivity index (χ0) is 22.6. The van der Waals surface area contributed by atoms with Crippen LogP contribution in [0.3, 0.4) is 0 Å². The maximum absolute atomic E-state index is 13.5. The molecule has 3 nitrogen and oxygen atoms in total. The van der Waals surface area contributed by atoms with Crippen LogP contribution in [0.1, 0.15) is 37.8 Å². The van der Waals surface area contributed by atoms with Gasteiger partial charge in [-0.05, 0) is 43.7 Å². The molecule has 0 saturated heterocycles. The summed E-state index contributed by atoms with van der Waals surface area (Å²) in [6, 6.07) is 5.59. The lowest BCUT2D eigenvalue weighted by Crippen LogP contribution is -2.22. The second-order valence-corrected chi connectivity index (χ2v) is 6.97. The molecule has 0 amide bonds. The standard InChI is InChI=1S/C23H29ClF3N3/c1-5-9-21(14-15-28-4)30(29-16-19(6-2)13-12-18(3)24)17-20-10-7-8-11-22(20)23(25,26)27/h6-13,16,28H,3,5,14-15,17H2,1-2,4H3/b13-12-,19-6+,21-9+,29-16+. The first-order valence-corrected chi connectivity index (χ1v) is 10.1. The third-order valence-electron chi connectivity index (χ3n) is 4.18. The van der Waals surface area contributed by atoms with E-state index >= 15 is 0 Å². The minimum Gasteiger partial charge on any atom is -0.319 e. The lowest BCUT2D eigenvalue weighted by atomic mass is 10.1. The van der Waals surface area contributed by atoms with Crippen molar-refractivity contribution in [1.29, 1.82) is 0 Å². The van der Waals surface area contributed by atoms with Gasteiger partial charge in [0.1, 0.15) is 0 Å². The van der Waals surface area contributed by atoms with Crippen molar-refractivity contribution >= 4 is 17.8 Å². The van der Waals surface area contributed by atoms with Crippen molar-refractivity contribution in [3.05, 3.63) is 82.6 Å². The van der Waals surface area contributed by atoms with Crippen LogP contribution >= 0.6 is 11.6 Å². The van der Waals surface area contributed by atoms with Gasteiger partial charge in [0.15, 0.2) is 0 Å². The highest BCUT2D eigenvalue weighted by Crippen LogP contribution is 2.33. The summed E-state index contributed by atoms with van der Waals surface area (Å²) < 4.78 is 40.4. The molecule has 0 atom stereocenters. The fourth-order valence-corrected chi connectivity index (χ4v) is 2.74. The molecule has 0 aliphatic heterocycles. The Bertz CT molecular complexity index is 808. The molecule has 0 unspecified atom stereocenters. The van der Waals surface area contributed by atoms with E-state index < -0.39 is 11.7 Å². The molecular formula is C23H29ClF3N3. The highest BCUT2D eigenvalue weighted by molar-refractivity contribution is 6.30. The Morgan fingerprint density at radius 2 is 1.97 bits per heavy atom. The maximum Gasteiger partial charge on any atom is 0.416 e. The van der Waals surface area contributed by atoms with Gasteiger partial charge in [-0.3, -0.25) is 5.01 Å². The minimum absolute atomic E-state index is 0.00462. The molecule has 0 aliphatic rings. The largest absolute Gasteiger partial charge is 0.416 e. The minimum atomic E-state index is -4.43. The fourth-order valence-electron chi connectivity index (χ4n) is 2.67. The Morgan fingerprint density at radius 3 is 2.53 bits per heavy atom. The van der Waals surface area contributed by atoms with Crippen molar-refractivity contribution in [3.63, 3.8) is 0 Å². The van der Waals surface area contributed by atoms with Crippen molar-refractivity contribution in [2.75, 3.05) is 13.6 Å². The van der Waals surface area contributed by atoms with Gasteiger partial charge in [0.05, 0.1) is 18.3 Å². The van der Waals surface area contributed by atoms with Crippen LogP contribution in [0.4, 0.5) is 13.2 Å². The van der Waals surface area contributed by atoms with Crippen LogP contribution in [0.5, 0.6) is 0 Å². The van der Waals surface area contributed by atoms with Gasteiger partial charge in [0.25, 0.3) is 0 Å². The number of alkyl halides is 3. The summed E-state index contributed by atoms with van der Waals surface area (Å²) in [6.07, 6.45) is 5.76. The first-order valence-electron chi connectivity index (χ1n) is 9.71. The molecule has 164 valence electrons. The van der Waals surface area contributed by atoms with Crippen LogP contribution < -0.4 is 5.32 Å². The number of benzene rings is 1. The summed E-state index contributed by atoms with van der Waals surface area (Å²) in [5, 5.41) is 9.59. The zero-order valence-electron chi connectivity index (χ0n) is 17.6. The molecule has 7 heteroatoms. The topological polar surface area (TPSA) is 27.6 Å². The van der Waals surface area contributed by atoms with E-state index in [1.807, 2.05) is 33.0 Å². The fraction of sp³-hybridized carbons (Fsp3) is 0.348. The molecular weight excluding hydrogens is 411 g/mol. The van der Waals surface area contributed by atoms with Crippen LogP contribution in [0.2, 0.25) is 0 Å². The van der Waals surface area contributed by atoms with Crippen LogP contribution in [0, 0.1) is 0 Å². The molecule has 0 aromatic heterocycles. The Morgan fingerprint density at radius 1 is 1.27 bits per heavy atom. The van der Waals surface area contributed by atoms with E-state index in [1.54, 1.807) is 29.4 Å². The molecule has 0 bridgehead atoms. The highest BCUT2D eigenvalue weighted by Gasteiger charge is 2.33. The molecule has 1 N–H and O–H groups in total. The van der Waals surface area contributed by atoms with Crippen LogP contribution in [-0.2, 0) is 12.7 Å². The van der Waals surface area contributed by atoms with E-state index in [4.69, 9.17) is 11.6 Å². The third kappa shape index (κ3) is 9.01. The van der Waals surface area contributed by atoms with Gasteiger partial charge in [0, 0.05) is 23.7 Å². The second kappa shape index (κ2) is 13.1. The van der Waals surface area contributed by atoms with E-state index in [1.165, 1.54) is 12.1 Å². The van der Waals surface area contributed by atoms with Crippen molar-refractivity contribution in [1.82, 2.24) is 10.3 Å². The number of rotatable bonds is 11. The van der Waals surface area contributed by atoms with Crippen molar-refractivity contribution < 1.29 is 13.2 Å². The molecule has 0 aliphatic carbocycles. The number of hydrazone groups is 1. The SMILES string of the molecule is C=C(Cl)\C=C/C(/C=N/N(Cc1ccccc1C(F)(F)F)/C(=C/CC)CCNC)=C\C. The monoisotopic (exact) mass is 439 g/mol. The maximum atomic E-state index is 13.5.